The van der Waals surface area contributed by atoms with Crippen LogP contribution in [0, 0.1) is 17.2 Å². The van der Waals surface area contributed by atoms with E-state index in [1.54, 1.807) is 37.4 Å². The van der Waals surface area contributed by atoms with Gasteiger partial charge >= 0.3 is 0 Å². The first-order valence-electron chi connectivity index (χ1n) is 9.00. The van der Waals surface area contributed by atoms with Gasteiger partial charge in [0.05, 0.1) is 23.6 Å². The van der Waals surface area contributed by atoms with E-state index in [2.05, 4.69) is 24.9 Å². The number of nitrogens with zero attached hydrogens (tertiary/aromatic N) is 3. The summed E-state index contributed by atoms with van der Waals surface area (Å²) in [5.74, 6) is 0.529. The summed E-state index contributed by atoms with van der Waals surface area (Å²) >= 11 is 1.19. The Morgan fingerprint density at radius 2 is 1.96 bits per heavy atom. The molecule has 2 amide bonds. The van der Waals surface area contributed by atoms with Crippen LogP contribution in [0.5, 0.6) is 5.75 Å². The first kappa shape index (κ1) is 19.9. The third-order valence-electron chi connectivity index (χ3n) is 4.35. The van der Waals surface area contributed by atoms with Crippen molar-refractivity contribution in [2.45, 2.75) is 37.0 Å². The van der Waals surface area contributed by atoms with Gasteiger partial charge in [0.15, 0.2) is 0 Å². The molecule has 1 atom stereocenters. The second-order valence-electron chi connectivity index (χ2n) is 6.94. The Morgan fingerprint density at radius 3 is 2.57 bits per heavy atom. The van der Waals surface area contributed by atoms with Gasteiger partial charge in [-0.2, -0.15) is 5.26 Å². The van der Waals surface area contributed by atoms with Crippen LogP contribution in [0.2, 0.25) is 0 Å². The monoisotopic (exact) mass is 395 g/mol. The van der Waals surface area contributed by atoms with E-state index in [4.69, 9.17) is 4.74 Å². The summed E-state index contributed by atoms with van der Waals surface area (Å²) in [7, 11) is 1.56. The highest BCUT2D eigenvalue weighted by Crippen LogP contribution is 2.35. The number of hydrogen-bond acceptors (Lipinski definition) is 6. The maximum absolute atomic E-state index is 12.9. The Kier molecular flexibility index (Phi) is 6.00. The summed E-state index contributed by atoms with van der Waals surface area (Å²) in [4.78, 5) is 31.1. The number of hydrogen-bond donors (Lipinski definition) is 0. The first-order valence-corrected chi connectivity index (χ1v) is 9.88. The molecule has 0 unspecified atom stereocenters. The van der Waals surface area contributed by atoms with Crippen LogP contribution < -0.4 is 9.64 Å². The Bertz CT molecular complexity index is 935. The number of carbonyl (C=O) groups is 2. The number of rotatable bonds is 6. The number of ether oxygens (including phenoxy) is 1. The molecule has 0 spiro atoms. The molecule has 0 bridgehead atoms. The van der Waals surface area contributed by atoms with Gasteiger partial charge in [-0.05, 0) is 48.7 Å². The van der Waals surface area contributed by atoms with Crippen LogP contribution in [0.15, 0.2) is 41.4 Å². The minimum absolute atomic E-state index is 0.0798. The molecule has 1 aliphatic rings. The summed E-state index contributed by atoms with van der Waals surface area (Å²) in [6, 6.07) is 12.5. The van der Waals surface area contributed by atoms with Crippen LogP contribution in [0.4, 0.5) is 5.69 Å². The van der Waals surface area contributed by atoms with Crippen molar-refractivity contribution in [3.8, 4) is 11.8 Å². The summed E-state index contributed by atoms with van der Waals surface area (Å²) in [6.07, 6.45) is 0.866. The molecule has 1 saturated heterocycles. The quantitative estimate of drug-likeness (QED) is 0.695. The number of imide groups is 1. The number of nitriles is 1. The van der Waals surface area contributed by atoms with Gasteiger partial charge in [-0.25, -0.2) is 9.88 Å². The lowest BCUT2D eigenvalue weighted by Crippen LogP contribution is -2.31. The molecule has 0 radical (unpaired) electrons. The molecule has 6 nitrogen and oxygen atoms in total. The fourth-order valence-electron chi connectivity index (χ4n) is 3.02. The third-order valence-corrected chi connectivity index (χ3v) is 5.53. The molecule has 2 heterocycles. The SMILES string of the molecule is COc1ccc(N2C(=O)C[C@H](Sc3nc(CC(C)C)ccc3C#N)C2=O)cc1. The van der Waals surface area contributed by atoms with Crippen LogP contribution in [0.3, 0.4) is 0 Å². The molecule has 0 aliphatic carbocycles. The van der Waals surface area contributed by atoms with Crippen molar-refractivity contribution in [3.05, 3.63) is 47.7 Å². The zero-order valence-corrected chi connectivity index (χ0v) is 16.8. The van der Waals surface area contributed by atoms with Gasteiger partial charge in [0.25, 0.3) is 0 Å². The molecule has 1 aromatic carbocycles. The van der Waals surface area contributed by atoms with E-state index < -0.39 is 5.25 Å². The zero-order chi connectivity index (χ0) is 20.3. The minimum Gasteiger partial charge on any atom is -0.497 e. The lowest BCUT2D eigenvalue weighted by molar-refractivity contribution is -0.121. The standard InChI is InChI=1S/C21H21N3O3S/c1-13(2)10-15-5-4-14(12-22)20(23-15)28-18-11-19(25)24(21(18)26)16-6-8-17(27-3)9-7-16/h4-9,13,18H,10-11H2,1-3H3/t18-/m0/s1. The average Bonchev–Trinajstić information content (AvgIpc) is 2.95. The second-order valence-corrected chi connectivity index (χ2v) is 8.13. The molecule has 28 heavy (non-hydrogen) atoms. The molecule has 2 aromatic rings. The van der Waals surface area contributed by atoms with Crippen molar-refractivity contribution in [2.75, 3.05) is 12.0 Å². The zero-order valence-electron chi connectivity index (χ0n) is 16.0. The third kappa shape index (κ3) is 4.18. The maximum atomic E-state index is 12.9. The lowest BCUT2D eigenvalue weighted by atomic mass is 10.1. The number of carbonyl (C=O) groups excluding carboxylic acids is 2. The molecule has 0 N–H and O–H groups in total. The van der Waals surface area contributed by atoms with E-state index in [1.165, 1.54) is 16.7 Å². The lowest BCUT2D eigenvalue weighted by Gasteiger charge is -2.15. The number of benzene rings is 1. The molecule has 144 valence electrons. The number of thioether (sulfide) groups is 1. The van der Waals surface area contributed by atoms with Crippen molar-refractivity contribution in [3.63, 3.8) is 0 Å². The normalized spacial score (nSPS) is 16.5. The highest BCUT2D eigenvalue weighted by Gasteiger charge is 2.40. The topological polar surface area (TPSA) is 83.3 Å². The largest absolute Gasteiger partial charge is 0.497 e. The summed E-state index contributed by atoms with van der Waals surface area (Å²) in [5.41, 5.74) is 1.81. The smallest absolute Gasteiger partial charge is 0.247 e. The van der Waals surface area contributed by atoms with E-state index in [0.717, 1.165) is 12.1 Å². The van der Waals surface area contributed by atoms with Crippen LogP contribution >= 0.6 is 11.8 Å². The summed E-state index contributed by atoms with van der Waals surface area (Å²) < 4.78 is 5.12. The Hall–Kier alpha value is -2.85. The molecular weight excluding hydrogens is 374 g/mol. The Morgan fingerprint density at radius 1 is 1.25 bits per heavy atom. The highest BCUT2D eigenvalue weighted by molar-refractivity contribution is 8.00. The predicted octanol–water partition coefficient (Wildman–Crippen LogP) is 3.58. The molecule has 0 saturated carbocycles. The fourth-order valence-corrected chi connectivity index (χ4v) is 4.13. The second kappa shape index (κ2) is 8.44. The van der Waals surface area contributed by atoms with Gasteiger partial charge in [-0.15, -0.1) is 0 Å². The maximum Gasteiger partial charge on any atom is 0.247 e. The van der Waals surface area contributed by atoms with Crippen LogP contribution in [0.25, 0.3) is 0 Å². The van der Waals surface area contributed by atoms with E-state index in [1.807, 2.05) is 6.07 Å². The average molecular weight is 395 g/mol. The molecule has 1 aliphatic heterocycles. The summed E-state index contributed by atoms with van der Waals surface area (Å²) in [5, 5.41) is 9.29. The van der Waals surface area contributed by atoms with Gasteiger partial charge in [0, 0.05) is 12.1 Å². The number of methoxy groups -OCH3 is 1. The van der Waals surface area contributed by atoms with Gasteiger partial charge in [-0.3, -0.25) is 9.59 Å². The van der Waals surface area contributed by atoms with Gasteiger partial charge in [0.2, 0.25) is 11.8 Å². The van der Waals surface area contributed by atoms with Gasteiger partial charge < -0.3 is 4.74 Å². The fraction of sp³-hybridized carbons (Fsp3) is 0.333. The molecule has 7 heteroatoms. The Labute approximate surface area is 168 Å². The summed E-state index contributed by atoms with van der Waals surface area (Å²) in [6.45, 7) is 4.19. The number of aromatic nitrogens is 1. The molecule has 1 fully saturated rings. The van der Waals surface area contributed by atoms with Crippen molar-refractivity contribution in [1.82, 2.24) is 4.98 Å². The molecular formula is C21H21N3O3S. The highest BCUT2D eigenvalue weighted by atomic mass is 32.2. The van der Waals surface area contributed by atoms with E-state index in [9.17, 15) is 14.9 Å². The van der Waals surface area contributed by atoms with Gasteiger partial charge in [0.1, 0.15) is 16.8 Å². The van der Waals surface area contributed by atoms with E-state index in [0.29, 0.717) is 27.9 Å². The van der Waals surface area contributed by atoms with E-state index in [-0.39, 0.29) is 18.2 Å². The van der Waals surface area contributed by atoms with Crippen LogP contribution in [0.1, 0.15) is 31.5 Å². The van der Waals surface area contributed by atoms with Crippen molar-refractivity contribution in [1.29, 1.82) is 5.26 Å². The van der Waals surface area contributed by atoms with Crippen molar-refractivity contribution < 1.29 is 14.3 Å². The first-order chi connectivity index (χ1) is 13.4. The molecule has 3 rings (SSSR count). The van der Waals surface area contributed by atoms with Crippen molar-refractivity contribution in [2.24, 2.45) is 5.92 Å². The van der Waals surface area contributed by atoms with Gasteiger partial charge in [-0.1, -0.05) is 25.6 Å². The predicted molar refractivity (Wildman–Crippen MR) is 107 cm³/mol. The number of pyridine rings is 1. The Balaban J connectivity index is 1.82. The van der Waals surface area contributed by atoms with Crippen LogP contribution in [-0.4, -0.2) is 29.2 Å². The van der Waals surface area contributed by atoms with Crippen LogP contribution in [-0.2, 0) is 16.0 Å². The van der Waals surface area contributed by atoms with Crippen molar-refractivity contribution >= 4 is 29.3 Å². The van der Waals surface area contributed by atoms with E-state index >= 15 is 0 Å². The molecule has 1 aromatic heterocycles. The minimum atomic E-state index is -0.594. The number of anilines is 1. The number of amides is 2.